The van der Waals surface area contributed by atoms with Crippen molar-refractivity contribution in [3.8, 4) is 0 Å². The number of hydrogen-bond donors (Lipinski definition) is 1. The third kappa shape index (κ3) is 3.18. The molecule has 0 saturated heterocycles. The Morgan fingerprint density at radius 1 is 1.19 bits per heavy atom. The van der Waals surface area contributed by atoms with Gasteiger partial charge in [-0.25, -0.2) is 4.39 Å². The summed E-state index contributed by atoms with van der Waals surface area (Å²) in [7, 11) is 0. The van der Waals surface area contributed by atoms with Gasteiger partial charge in [-0.3, -0.25) is 0 Å². The van der Waals surface area contributed by atoms with Gasteiger partial charge in [-0.15, -0.1) is 11.3 Å². The average Bonchev–Trinajstić information content (AvgIpc) is 2.81. The lowest BCUT2D eigenvalue weighted by Crippen LogP contribution is -2.22. The first kappa shape index (κ1) is 14.7. The normalized spacial score (nSPS) is 14.3. The van der Waals surface area contributed by atoms with Crippen LogP contribution in [0.25, 0.3) is 10.1 Å². The Morgan fingerprint density at radius 2 is 1.95 bits per heavy atom. The molecule has 1 N–H and O–H groups in total. The summed E-state index contributed by atoms with van der Waals surface area (Å²) in [5, 5.41) is 11.9. The molecule has 1 nitrogen and oxygen atoms in total. The molecule has 1 atom stereocenters. The first-order valence-corrected chi connectivity index (χ1v) is 8.21. The maximum atomic E-state index is 13.5. The lowest BCUT2D eigenvalue weighted by Gasteiger charge is -2.22. The van der Waals surface area contributed by atoms with Gasteiger partial charge in [0.2, 0.25) is 0 Å². The highest BCUT2D eigenvalue weighted by Gasteiger charge is 2.26. The molecule has 0 radical (unpaired) electrons. The van der Waals surface area contributed by atoms with E-state index in [0.717, 1.165) is 20.5 Å². The zero-order chi connectivity index (χ0) is 15.0. The van der Waals surface area contributed by atoms with Gasteiger partial charge in [0, 0.05) is 20.5 Å². The predicted octanol–water partition coefficient (Wildman–Crippen LogP) is 5.25. The SMILES string of the molecule is CC(O)(Cc1cc(F)cc(Br)c1)c1cc2ccccc2s1. The standard InChI is InChI=1S/C17H14BrFOS/c1-17(20,10-11-6-13(18)9-14(19)7-11)16-8-12-4-2-3-5-15(12)21-16/h2-9,20H,10H2,1H3. The summed E-state index contributed by atoms with van der Waals surface area (Å²) in [6, 6.07) is 14.8. The second-order valence-corrected chi connectivity index (χ2v) is 7.38. The van der Waals surface area contributed by atoms with Crippen LogP contribution in [0.4, 0.5) is 4.39 Å². The first-order valence-electron chi connectivity index (χ1n) is 6.60. The van der Waals surface area contributed by atoms with E-state index in [1.54, 1.807) is 18.3 Å². The predicted molar refractivity (Wildman–Crippen MR) is 89.2 cm³/mol. The van der Waals surface area contributed by atoms with Crippen molar-refractivity contribution < 1.29 is 9.50 Å². The molecular weight excluding hydrogens is 351 g/mol. The van der Waals surface area contributed by atoms with Gasteiger partial charge in [-0.05, 0) is 48.2 Å². The molecule has 108 valence electrons. The summed E-state index contributed by atoms with van der Waals surface area (Å²) < 4.78 is 15.3. The summed E-state index contributed by atoms with van der Waals surface area (Å²) in [4.78, 5) is 0.893. The fourth-order valence-electron chi connectivity index (χ4n) is 2.44. The van der Waals surface area contributed by atoms with Gasteiger partial charge in [-0.1, -0.05) is 34.1 Å². The Bertz CT molecular complexity index is 741. The van der Waals surface area contributed by atoms with Gasteiger partial charge in [0.1, 0.15) is 5.82 Å². The largest absolute Gasteiger partial charge is 0.384 e. The van der Waals surface area contributed by atoms with Crippen LogP contribution in [-0.2, 0) is 12.0 Å². The van der Waals surface area contributed by atoms with Crippen LogP contribution in [0.3, 0.4) is 0 Å². The van der Waals surface area contributed by atoms with Crippen molar-refractivity contribution in [2.45, 2.75) is 18.9 Å². The van der Waals surface area contributed by atoms with E-state index in [4.69, 9.17) is 0 Å². The van der Waals surface area contributed by atoms with E-state index >= 15 is 0 Å². The highest BCUT2D eigenvalue weighted by atomic mass is 79.9. The summed E-state index contributed by atoms with van der Waals surface area (Å²) in [6.45, 7) is 1.77. The molecule has 0 fully saturated rings. The quantitative estimate of drug-likeness (QED) is 0.672. The van der Waals surface area contributed by atoms with Crippen molar-refractivity contribution >= 4 is 37.4 Å². The maximum Gasteiger partial charge on any atom is 0.124 e. The molecule has 1 heterocycles. The fraction of sp³-hybridized carbons (Fsp3) is 0.176. The molecule has 0 aliphatic carbocycles. The molecule has 0 bridgehead atoms. The van der Waals surface area contributed by atoms with E-state index in [-0.39, 0.29) is 5.82 Å². The third-order valence-electron chi connectivity index (χ3n) is 3.43. The second-order valence-electron chi connectivity index (χ2n) is 5.38. The molecule has 0 saturated carbocycles. The average molecular weight is 365 g/mol. The molecule has 21 heavy (non-hydrogen) atoms. The number of halogens is 2. The molecule has 1 aromatic heterocycles. The zero-order valence-corrected chi connectivity index (χ0v) is 13.8. The lowest BCUT2D eigenvalue weighted by atomic mass is 9.94. The van der Waals surface area contributed by atoms with E-state index in [9.17, 15) is 9.50 Å². The van der Waals surface area contributed by atoms with Crippen LogP contribution in [0.15, 0.2) is 53.0 Å². The molecule has 3 aromatic rings. The Balaban J connectivity index is 1.95. The van der Waals surface area contributed by atoms with Crippen molar-refractivity contribution in [3.05, 3.63) is 69.3 Å². The van der Waals surface area contributed by atoms with Gasteiger partial charge >= 0.3 is 0 Å². The van der Waals surface area contributed by atoms with Crippen molar-refractivity contribution in [1.82, 2.24) is 0 Å². The maximum absolute atomic E-state index is 13.5. The molecule has 0 aliphatic rings. The number of thiophene rings is 1. The van der Waals surface area contributed by atoms with E-state index in [2.05, 4.69) is 15.9 Å². The topological polar surface area (TPSA) is 20.2 Å². The Hall–Kier alpha value is -1.23. The van der Waals surface area contributed by atoms with E-state index < -0.39 is 5.60 Å². The molecule has 4 heteroatoms. The molecule has 3 rings (SSSR count). The van der Waals surface area contributed by atoms with Gasteiger partial charge in [0.15, 0.2) is 0 Å². The minimum Gasteiger partial charge on any atom is -0.384 e. The lowest BCUT2D eigenvalue weighted by molar-refractivity contribution is 0.0615. The van der Waals surface area contributed by atoms with E-state index in [1.807, 2.05) is 36.4 Å². The Morgan fingerprint density at radius 3 is 2.67 bits per heavy atom. The van der Waals surface area contributed by atoms with Crippen LogP contribution in [0, 0.1) is 5.82 Å². The minimum atomic E-state index is -1.02. The number of benzene rings is 2. The van der Waals surface area contributed by atoms with Crippen LogP contribution in [0.2, 0.25) is 0 Å². The van der Waals surface area contributed by atoms with Crippen LogP contribution in [-0.4, -0.2) is 5.11 Å². The molecular formula is C17H14BrFOS. The third-order valence-corrected chi connectivity index (χ3v) is 5.25. The fourth-order valence-corrected chi connectivity index (χ4v) is 4.06. The van der Waals surface area contributed by atoms with Crippen LogP contribution >= 0.6 is 27.3 Å². The summed E-state index contributed by atoms with van der Waals surface area (Å²) in [6.07, 6.45) is 0.371. The Kier molecular flexibility index (Phi) is 3.86. The first-order chi connectivity index (χ1) is 9.94. The van der Waals surface area contributed by atoms with Crippen LogP contribution in [0.1, 0.15) is 17.4 Å². The minimum absolute atomic E-state index is 0.300. The summed E-state index contributed by atoms with van der Waals surface area (Å²) in [5.41, 5.74) is -0.249. The van der Waals surface area contributed by atoms with Crippen molar-refractivity contribution in [1.29, 1.82) is 0 Å². The number of fused-ring (bicyclic) bond motifs is 1. The molecule has 0 spiro atoms. The van der Waals surface area contributed by atoms with Gasteiger partial charge in [0.05, 0.1) is 5.60 Å². The molecule has 1 unspecified atom stereocenters. The van der Waals surface area contributed by atoms with Crippen molar-refractivity contribution in [3.63, 3.8) is 0 Å². The zero-order valence-electron chi connectivity index (χ0n) is 11.4. The Labute approximate surface area is 135 Å². The van der Waals surface area contributed by atoms with Crippen molar-refractivity contribution in [2.24, 2.45) is 0 Å². The monoisotopic (exact) mass is 364 g/mol. The van der Waals surface area contributed by atoms with Crippen LogP contribution < -0.4 is 0 Å². The molecule has 0 aliphatic heterocycles. The second kappa shape index (κ2) is 5.52. The summed E-state index contributed by atoms with van der Waals surface area (Å²) >= 11 is 4.86. The van der Waals surface area contributed by atoms with Crippen LogP contribution in [0.5, 0.6) is 0 Å². The highest BCUT2D eigenvalue weighted by molar-refractivity contribution is 9.10. The molecule has 2 aromatic carbocycles. The van der Waals surface area contributed by atoms with E-state index in [0.29, 0.717) is 10.9 Å². The number of aliphatic hydroxyl groups is 1. The number of rotatable bonds is 3. The number of hydrogen-bond acceptors (Lipinski definition) is 2. The van der Waals surface area contributed by atoms with E-state index in [1.165, 1.54) is 12.1 Å². The van der Waals surface area contributed by atoms with Crippen molar-refractivity contribution in [2.75, 3.05) is 0 Å². The van der Waals surface area contributed by atoms with Gasteiger partial charge in [-0.2, -0.15) is 0 Å². The highest BCUT2D eigenvalue weighted by Crippen LogP contribution is 2.35. The molecule has 0 amide bonds. The summed E-state index contributed by atoms with van der Waals surface area (Å²) in [5.74, 6) is -0.300. The smallest absolute Gasteiger partial charge is 0.124 e. The van der Waals surface area contributed by atoms with Gasteiger partial charge in [0.25, 0.3) is 0 Å². The van der Waals surface area contributed by atoms with Gasteiger partial charge < -0.3 is 5.11 Å².